The topological polar surface area (TPSA) is 27.7 Å². The zero-order valence-electron chi connectivity index (χ0n) is 25.6. The van der Waals surface area contributed by atoms with Gasteiger partial charge in [0.15, 0.2) is 0 Å². The number of methoxy groups -OCH3 is 3. The maximum absolute atomic E-state index is 6.21. The van der Waals surface area contributed by atoms with Crippen LogP contribution in [0.25, 0.3) is 0 Å². The van der Waals surface area contributed by atoms with Crippen molar-refractivity contribution in [1.82, 2.24) is 0 Å². The molecular formula is C33H39Cl3O3SiTi. The number of benzene rings is 3. The third-order valence-corrected chi connectivity index (χ3v) is 17.1. The van der Waals surface area contributed by atoms with E-state index in [1.807, 2.05) is 0 Å². The second kappa shape index (κ2) is 14.2. The predicted octanol–water partition coefficient (Wildman–Crippen LogP) is -2.95. The van der Waals surface area contributed by atoms with Gasteiger partial charge in [-0.15, -0.1) is 0 Å². The van der Waals surface area contributed by atoms with E-state index in [0.717, 1.165) is 17.2 Å². The Bertz CT molecular complexity index is 1330. The average molecular weight is 666 g/mol. The van der Waals surface area contributed by atoms with Gasteiger partial charge in [-0.1, -0.05) is 0 Å². The van der Waals surface area contributed by atoms with Gasteiger partial charge in [-0.3, -0.25) is 0 Å². The van der Waals surface area contributed by atoms with Crippen LogP contribution < -0.4 is 67.0 Å². The molecule has 0 N–H and O–H groups in total. The van der Waals surface area contributed by atoms with Gasteiger partial charge in [0.05, 0.1) is 0 Å². The molecule has 3 nitrogen and oxygen atoms in total. The van der Waals surface area contributed by atoms with Crippen LogP contribution >= 0.6 is 0 Å². The molecule has 0 aliphatic heterocycles. The smallest absolute Gasteiger partial charge is 1.00 e. The molecule has 3 aromatic rings. The molecule has 1 aliphatic rings. The minimum atomic E-state index is -3.11. The fourth-order valence-electron chi connectivity index (χ4n) is 6.35. The maximum atomic E-state index is 6.21. The number of hydrogen-bond acceptors (Lipinski definition) is 3. The summed E-state index contributed by atoms with van der Waals surface area (Å²) in [5, 5.41) is 3.70. The first-order chi connectivity index (χ1) is 18.0. The normalized spacial score (nSPS) is 14.1. The number of ether oxygens (including phenoxy) is 3. The number of halogens is 3. The van der Waals surface area contributed by atoms with Gasteiger partial charge in [0, 0.05) is 0 Å². The maximum Gasteiger partial charge on any atom is -1.00 e. The monoisotopic (exact) mass is 664 g/mol. The van der Waals surface area contributed by atoms with Crippen LogP contribution in [0.4, 0.5) is 0 Å². The zero-order chi connectivity index (χ0) is 28.0. The Morgan fingerprint density at radius 1 is 0.512 bits per heavy atom. The Balaban J connectivity index is 0.00000280. The number of hydrogen-bond donors (Lipinski definition) is 0. The number of aryl methyl sites for hydroxylation is 3. The molecule has 8 heteroatoms. The summed E-state index contributed by atoms with van der Waals surface area (Å²) < 4.78 is 18.3. The van der Waals surface area contributed by atoms with Crippen molar-refractivity contribution in [1.29, 1.82) is 0 Å². The van der Waals surface area contributed by atoms with Crippen LogP contribution in [0.15, 0.2) is 76.9 Å². The van der Waals surface area contributed by atoms with Crippen molar-refractivity contribution in [2.45, 2.75) is 51.8 Å². The van der Waals surface area contributed by atoms with Crippen molar-refractivity contribution >= 4 is 23.6 Å². The van der Waals surface area contributed by atoms with Gasteiger partial charge in [-0.05, 0) is 0 Å². The Kier molecular flexibility index (Phi) is 12.9. The van der Waals surface area contributed by atoms with Crippen molar-refractivity contribution in [3.63, 3.8) is 0 Å². The first-order valence-electron chi connectivity index (χ1n) is 13.1. The minimum absolute atomic E-state index is 0. The van der Waals surface area contributed by atoms with Gasteiger partial charge >= 0.3 is 242 Å². The third-order valence-electron chi connectivity index (χ3n) is 8.65. The van der Waals surface area contributed by atoms with E-state index in [1.54, 1.807) is 21.3 Å². The van der Waals surface area contributed by atoms with Crippen LogP contribution in [0.2, 0.25) is 3.34 Å². The van der Waals surface area contributed by atoms with Crippen LogP contribution in [0, 0.1) is 20.8 Å². The van der Waals surface area contributed by atoms with E-state index in [1.165, 1.54) is 54.5 Å². The molecular weight excluding hydrogens is 627 g/mol. The van der Waals surface area contributed by atoms with E-state index in [-0.39, 0.29) is 40.6 Å². The molecule has 0 spiro atoms. The van der Waals surface area contributed by atoms with Crippen molar-refractivity contribution in [3.8, 4) is 17.2 Å². The summed E-state index contributed by atoms with van der Waals surface area (Å²) in [5.41, 5.74) is 9.14. The summed E-state index contributed by atoms with van der Waals surface area (Å²) in [6.45, 7) is 15.7. The molecule has 218 valence electrons. The first kappa shape index (κ1) is 37.4. The summed E-state index contributed by atoms with van der Waals surface area (Å²) >= 11 is 2.45. The van der Waals surface area contributed by atoms with Gasteiger partial charge in [-0.25, -0.2) is 0 Å². The van der Waals surface area contributed by atoms with Crippen LogP contribution in [0.1, 0.15) is 44.4 Å². The third kappa shape index (κ3) is 5.69. The van der Waals surface area contributed by atoms with E-state index in [2.05, 4.69) is 123 Å². The molecule has 0 aromatic heterocycles. The molecule has 0 heterocycles. The minimum Gasteiger partial charge on any atom is -1.00 e. The van der Waals surface area contributed by atoms with E-state index in [4.69, 9.17) is 14.2 Å². The number of allylic oxidation sites excluding steroid dienone is 4. The van der Waals surface area contributed by atoms with E-state index >= 15 is 0 Å². The van der Waals surface area contributed by atoms with E-state index in [9.17, 15) is 0 Å². The molecule has 0 saturated heterocycles. The molecule has 1 aliphatic carbocycles. The molecule has 0 amide bonds. The van der Waals surface area contributed by atoms with Crippen molar-refractivity contribution in [2.24, 2.45) is 0 Å². The van der Waals surface area contributed by atoms with Crippen molar-refractivity contribution in [3.05, 3.63) is 93.6 Å². The standard InChI is InChI=1S/C33H39O3Si.3ClH.Ti/c1-20-11-14-27(34-8)30(17-20)37(31-18-21(2)12-15-28(31)35-9,32-19-22(3)13-16-29(32)36-10)33-25(6)23(4)24(5)26(33)7;;;;/h11-19H,1-10H3;3*1H;/q;;;;+3/p-3. The van der Waals surface area contributed by atoms with Gasteiger partial charge < -0.3 is 37.2 Å². The molecule has 0 unspecified atom stereocenters. The Hall–Kier alpha value is -1.66. The molecule has 3 aromatic carbocycles. The second-order valence-electron chi connectivity index (χ2n) is 10.6. The SMILES string of the molecule is COc1ccc(C)cc1[Si](c1cc(C)ccc1OC)(c1cc(C)ccc1OC)[C]1([Ti+3])C(C)=C(C)C(C)=C1C.[Cl-].[Cl-].[Cl-]. The second-order valence-corrected chi connectivity index (χ2v) is 16.4. The molecule has 0 radical (unpaired) electrons. The van der Waals surface area contributed by atoms with Crippen LogP contribution in [-0.2, 0) is 20.4 Å². The first-order valence-corrected chi connectivity index (χ1v) is 15.8. The summed E-state index contributed by atoms with van der Waals surface area (Å²) in [5.74, 6) is 2.70. The quantitative estimate of drug-likeness (QED) is 0.200. The van der Waals surface area contributed by atoms with Gasteiger partial charge in [0.1, 0.15) is 0 Å². The summed E-state index contributed by atoms with van der Waals surface area (Å²) in [4.78, 5) is 0. The summed E-state index contributed by atoms with van der Waals surface area (Å²) in [6.07, 6.45) is 0. The fourth-order valence-corrected chi connectivity index (χ4v) is 15.4. The average Bonchev–Trinajstić information content (AvgIpc) is 3.05. The Labute approximate surface area is 277 Å². The summed E-state index contributed by atoms with van der Waals surface area (Å²) in [6, 6.07) is 19.9. The molecule has 0 fully saturated rings. The summed E-state index contributed by atoms with van der Waals surface area (Å²) in [7, 11) is 2.25. The fraction of sp³-hybridized carbons (Fsp3) is 0.333. The van der Waals surface area contributed by atoms with Gasteiger partial charge in [0.2, 0.25) is 0 Å². The van der Waals surface area contributed by atoms with Crippen LogP contribution in [0.5, 0.6) is 17.2 Å². The molecule has 4 rings (SSSR count). The van der Waals surface area contributed by atoms with E-state index < -0.39 is 8.07 Å². The Morgan fingerprint density at radius 3 is 1.02 bits per heavy atom. The molecule has 0 saturated carbocycles. The van der Waals surface area contributed by atoms with Crippen molar-refractivity contribution < 1.29 is 71.9 Å². The molecule has 0 atom stereocenters. The number of rotatable bonds is 7. The van der Waals surface area contributed by atoms with Crippen molar-refractivity contribution in [2.75, 3.05) is 21.3 Å². The Morgan fingerprint density at radius 2 is 0.780 bits per heavy atom. The molecule has 41 heavy (non-hydrogen) atoms. The largest absolute Gasteiger partial charge is 1.00 e. The predicted molar refractivity (Wildman–Crippen MR) is 157 cm³/mol. The van der Waals surface area contributed by atoms with Crippen LogP contribution in [0.3, 0.4) is 0 Å². The van der Waals surface area contributed by atoms with Crippen LogP contribution in [-0.4, -0.2) is 29.4 Å². The zero-order valence-corrected chi connectivity index (χ0v) is 30.4. The molecule has 0 bridgehead atoms. The van der Waals surface area contributed by atoms with Gasteiger partial charge in [0.25, 0.3) is 0 Å². The van der Waals surface area contributed by atoms with E-state index in [0.29, 0.717) is 0 Å². The van der Waals surface area contributed by atoms with Gasteiger partial charge in [-0.2, -0.15) is 0 Å².